The largest absolute Gasteiger partial charge is 0.341 e. The van der Waals surface area contributed by atoms with E-state index >= 15 is 0 Å². The van der Waals surface area contributed by atoms with Gasteiger partial charge in [-0.1, -0.05) is 140 Å². The number of anilines is 2. The Hall–Kier alpha value is -4.62. The first-order valence-corrected chi connectivity index (χ1v) is 12.8. The van der Waals surface area contributed by atoms with Crippen molar-refractivity contribution in [1.82, 2.24) is 0 Å². The van der Waals surface area contributed by atoms with Gasteiger partial charge < -0.3 is 4.90 Å². The minimum absolute atomic E-state index is 0.920. The minimum atomic E-state index is 0.920. The van der Waals surface area contributed by atoms with Crippen molar-refractivity contribution in [2.24, 2.45) is 0 Å². The van der Waals surface area contributed by atoms with Gasteiger partial charge in [0.05, 0.1) is 0 Å². The van der Waals surface area contributed by atoms with Crippen LogP contribution < -0.4 is 4.90 Å². The molecule has 0 saturated carbocycles. The molecule has 0 radical (unpaired) electrons. The van der Waals surface area contributed by atoms with Crippen LogP contribution in [-0.4, -0.2) is 6.54 Å². The fourth-order valence-electron chi connectivity index (χ4n) is 4.52. The Kier molecular flexibility index (Phi) is 8.06. The van der Waals surface area contributed by atoms with Crippen molar-refractivity contribution in [1.29, 1.82) is 0 Å². The Morgan fingerprint density at radius 3 is 1.57 bits per heavy atom. The van der Waals surface area contributed by atoms with Gasteiger partial charge in [-0.05, 0) is 58.5 Å². The number of hydrogen-bond donors (Lipinski definition) is 0. The van der Waals surface area contributed by atoms with Crippen molar-refractivity contribution in [3.8, 4) is 0 Å². The van der Waals surface area contributed by atoms with Crippen LogP contribution in [0.5, 0.6) is 0 Å². The maximum Gasteiger partial charge on any atom is 0.0411 e. The molecule has 0 spiro atoms. The Morgan fingerprint density at radius 1 is 0.514 bits per heavy atom. The number of benzene rings is 5. The topological polar surface area (TPSA) is 3.24 Å². The van der Waals surface area contributed by atoms with E-state index in [-0.39, 0.29) is 0 Å². The van der Waals surface area contributed by atoms with Crippen LogP contribution >= 0.6 is 0 Å². The molecule has 0 heterocycles. The summed E-state index contributed by atoms with van der Waals surface area (Å²) in [6.07, 6.45) is 7.51. The second-order valence-electron chi connectivity index (χ2n) is 8.99. The van der Waals surface area contributed by atoms with Gasteiger partial charge in [-0.2, -0.15) is 0 Å². The molecule has 0 N–H and O–H groups in total. The fraction of sp³-hybridized carbons (Fsp3) is 0.0556. The van der Waals surface area contributed by atoms with Crippen LogP contribution in [0.25, 0.3) is 11.6 Å². The molecule has 5 aromatic rings. The average Bonchev–Trinajstić information content (AvgIpc) is 2.98. The van der Waals surface area contributed by atoms with Crippen LogP contribution in [-0.2, 0) is 6.42 Å². The van der Waals surface area contributed by atoms with Crippen molar-refractivity contribution in [2.75, 3.05) is 11.4 Å². The van der Waals surface area contributed by atoms with Crippen molar-refractivity contribution in [3.63, 3.8) is 0 Å². The van der Waals surface area contributed by atoms with E-state index in [2.05, 4.69) is 169 Å². The van der Waals surface area contributed by atoms with Gasteiger partial charge in [-0.3, -0.25) is 0 Å². The molecule has 0 fully saturated rings. The SMILES string of the molecule is C(/C=C/c1ccc(N(CCc2ccccc2)c2ccccc2)cc1)=C(c1ccccc1)c1ccccc1. The standard InChI is InChI=1S/C36H31N/c1-5-14-30(15-6-1)28-29-37(34-21-11-4-12-22-34)35-26-24-31(25-27-35)16-13-23-36(32-17-7-2-8-18-32)33-19-9-3-10-20-33/h1-27H,28-29H2/b16-13+. The van der Waals surface area contributed by atoms with Crippen LogP contribution in [0.4, 0.5) is 11.4 Å². The van der Waals surface area contributed by atoms with Gasteiger partial charge in [0.2, 0.25) is 0 Å². The van der Waals surface area contributed by atoms with E-state index < -0.39 is 0 Å². The molecule has 37 heavy (non-hydrogen) atoms. The van der Waals surface area contributed by atoms with E-state index in [1.165, 1.54) is 39.2 Å². The van der Waals surface area contributed by atoms with E-state index in [0.29, 0.717) is 0 Å². The molecule has 0 aliphatic carbocycles. The van der Waals surface area contributed by atoms with Crippen LogP contribution in [0.2, 0.25) is 0 Å². The van der Waals surface area contributed by atoms with Gasteiger partial charge >= 0.3 is 0 Å². The second-order valence-corrected chi connectivity index (χ2v) is 8.99. The normalized spacial score (nSPS) is 10.8. The molecule has 180 valence electrons. The third kappa shape index (κ3) is 6.54. The maximum atomic E-state index is 2.39. The highest BCUT2D eigenvalue weighted by atomic mass is 15.1. The molecule has 0 unspecified atom stereocenters. The molecule has 5 rings (SSSR count). The van der Waals surface area contributed by atoms with Crippen LogP contribution in [0.3, 0.4) is 0 Å². The van der Waals surface area contributed by atoms with Gasteiger partial charge in [-0.25, -0.2) is 0 Å². The highest BCUT2D eigenvalue weighted by molar-refractivity contribution is 5.81. The molecule has 5 aromatic carbocycles. The minimum Gasteiger partial charge on any atom is -0.341 e. The Balaban J connectivity index is 1.36. The van der Waals surface area contributed by atoms with Crippen LogP contribution in [0.1, 0.15) is 22.3 Å². The first-order valence-electron chi connectivity index (χ1n) is 12.8. The van der Waals surface area contributed by atoms with Gasteiger partial charge in [0.25, 0.3) is 0 Å². The molecule has 0 aromatic heterocycles. The zero-order valence-electron chi connectivity index (χ0n) is 20.9. The summed E-state index contributed by atoms with van der Waals surface area (Å²) in [6, 6.07) is 51.3. The third-order valence-electron chi connectivity index (χ3n) is 6.46. The molecular weight excluding hydrogens is 446 g/mol. The quantitative estimate of drug-likeness (QED) is 0.191. The van der Waals surface area contributed by atoms with Gasteiger partial charge in [0.1, 0.15) is 0 Å². The van der Waals surface area contributed by atoms with E-state index in [0.717, 1.165) is 13.0 Å². The van der Waals surface area contributed by atoms with Gasteiger partial charge in [-0.15, -0.1) is 0 Å². The molecule has 0 atom stereocenters. The lowest BCUT2D eigenvalue weighted by molar-refractivity contribution is 0.914. The lowest BCUT2D eigenvalue weighted by Gasteiger charge is -2.25. The summed E-state index contributed by atoms with van der Waals surface area (Å²) in [7, 11) is 0. The molecule has 0 saturated heterocycles. The summed E-state index contributed by atoms with van der Waals surface area (Å²) in [5.74, 6) is 0. The van der Waals surface area contributed by atoms with Crippen LogP contribution in [0.15, 0.2) is 158 Å². The van der Waals surface area contributed by atoms with Gasteiger partial charge in [0, 0.05) is 17.9 Å². The second kappa shape index (κ2) is 12.4. The van der Waals surface area contributed by atoms with Crippen molar-refractivity contribution in [2.45, 2.75) is 6.42 Å². The lowest BCUT2D eigenvalue weighted by atomic mass is 9.97. The first kappa shape index (κ1) is 24.1. The molecule has 0 aliphatic rings. The smallest absolute Gasteiger partial charge is 0.0411 e. The summed E-state index contributed by atoms with van der Waals surface area (Å²) in [5, 5.41) is 0. The highest BCUT2D eigenvalue weighted by Gasteiger charge is 2.09. The van der Waals surface area contributed by atoms with Gasteiger partial charge in [0.15, 0.2) is 0 Å². The Bertz CT molecular complexity index is 1380. The Morgan fingerprint density at radius 2 is 1.00 bits per heavy atom. The summed E-state index contributed by atoms with van der Waals surface area (Å²) in [4.78, 5) is 2.39. The van der Waals surface area contributed by atoms with Crippen LogP contribution in [0, 0.1) is 0 Å². The van der Waals surface area contributed by atoms with Crippen molar-refractivity contribution in [3.05, 3.63) is 180 Å². The van der Waals surface area contributed by atoms with E-state index in [9.17, 15) is 0 Å². The number of para-hydroxylation sites is 1. The summed E-state index contributed by atoms with van der Waals surface area (Å²) >= 11 is 0. The maximum absolute atomic E-state index is 2.39. The monoisotopic (exact) mass is 477 g/mol. The third-order valence-corrected chi connectivity index (χ3v) is 6.46. The molecule has 0 amide bonds. The summed E-state index contributed by atoms with van der Waals surface area (Å²) < 4.78 is 0. The zero-order valence-corrected chi connectivity index (χ0v) is 20.9. The molecule has 0 aliphatic heterocycles. The molecule has 0 bridgehead atoms. The van der Waals surface area contributed by atoms with E-state index in [1.807, 2.05) is 0 Å². The lowest BCUT2D eigenvalue weighted by Crippen LogP contribution is -2.20. The number of nitrogens with zero attached hydrogens (tertiary/aromatic N) is 1. The molecule has 1 heteroatoms. The van der Waals surface area contributed by atoms with E-state index in [4.69, 9.17) is 0 Å². The fourth-order valence-corrected chi connectivity index (χ4v) is 4.52. The molecular formula is C36H31N. The van der Waals surface area contributed by atoms with Crippen molar-refractivity contribution < 1.29 is 0 Å². The zero-order chi connectivity index (χ0) is 25.1. The highest BCUT2D eigenvalue weighted by Crippen LogP contribution is 2.27. The van der Waals surface area contributed by atoms with E-state index in [1.54, 1.807) is 0 Å². The average molecular weight is 478 g/mol. The molecule has 1 nitrogen and oxygen atoms in total. The summed E-state index contributed by atoms with van der Waals surface area (Å²) in [6.45, 7) is 0.920. The Labute approximate surface area is 220 Å². The van der Waals surface area contributed by atoms with Crippen molar-refractivity contribution >= 4 is 23.0 Å². The first-order chi connectivity index (χ1) is 18.4. The predicted molar refractivity (Wildman–Crippen MR) is 159 cm³/mol. The summed E-state index contributed by atoms with van der Waals surface area (Å²) in [5.41, 5.74) is 8.57. The number of hydrogen-bond acceptors (Lipinski definition) is 1. The predicted octanol–water partition coefficient (Wildman–Crippen LogP) is 9.21. The number of allylic oxidation sites excluding steroid dienone is 2. The number of rotatable bonds is 9.